The highest BCUT2D eigenvalue weighted by Crippen LogP contribution is 2.39. The van der Waals surface area contributed by atoms with Crippen LogP contribution in [-0.4, -0.2) is 14.7 Å². The van der Waals surface area contributed by atoms with E-state index in [2.05, 4.69) is 90.5 Å². The summed E-state index contributed by atoms with van der Waals surface area (Å²) in [7, 11) is 2.09. The fourth-order valence-electron chi connectivity index (χ4n) is 4.77. The largest absolute Gasteiger partial charge is 0.390 e. The van der Waals surface area contributed by atoms with Crippen molar-refractivity contribution in [2.45, 2.75) is 6.61 Å². The number of rotatable bonds is 2. The van der Waals surface area contributed by atoms with Crippen molar-refractivity contribution >= 4 is 43.4 Å². The first-order chi connectivity index (χ1) is 14.8. The maximum absolute atomic E-state index is 9.96. The molecule has 0 spiro atoms. The van der Waals surface area contributed by atoms with Gasteiger partial charge in [-0.05, 0) is 39.7 Å². The number of para-hydroxylation sites is 1. The van der Waals surface area contributed by atoms with Crippen molar-refractivity contribution in [2.75, 3.05) is 0 Å². The van der Waals surface area contributed by atoms with Gasteiger partial charge in [0.25, 0.3) is 0 Å². The maximum atomic E-state index is 9.96. The fraction of sp³-hybridized carbons (Fsp3) is 0.0741. The Hall–Kier alpha value is -3.69. The van der Waals surface area contributed by atoms with E-state index in [-0.39, 0.29) is 6.61 Å². The van der Waals surface area contributed by atoms with Crippen LogP contribution in [0.3, 0.4) is 0 Å². The smallest absolute Gasteiger partial charge is 0.0955 e. The van der Waals surface area contributed by atoms with Crippen molar-refractivity contribution in [3.63, 3.8) is 0 Å². The van der Waals surface area contributed by atoms with E-state index in [0.29, 0.717) is 5.69 Å². The summed E-state index contributed by atoms with van der Waals surface area (Å²) < 4.78 is 2.22. The normalized spacial score (nSPS) is 11.8. The molecular formula is C27H20N2O. The number of aryl methyl sites for hydroxylation is 1. The molecule has 6 aromatic rings. The highest BCUT2D eigenvalue weighted by molar-refractivity contribution is 6.18. The van der Waals surface area contributed by atoms with Gasteiger partial charge in [-0.3, -0.25) is 0 Å². The quantitative estimate of drug-likeness (QED) is 0.359. The summed E-state index contributed by atoms with van der Waals surface area (Å²) in [5.74, 6) is 0. The van der Waals surface area contributed by atoms with Crippen LogP contribution in [0.25, 0.3) is 54.6 Å². The minimum Gasteiger partial charge on any atom is -0.390 e. The molecule has 144 valence electrons. The average molecular weight is 388 g/mol. The van der Waals surface area contributed by atoms with Gasteiger partial charge in [-0.15, -0.1) is 0 Å². The van der Waals surface area contributed by atoms with E-state index in [1.807, 2.05) is 6.07 Å². The van der Waals surface area contributed by atoms with Crippen LogP contribution >= 0.6 is 0 Å². The number of aromatic nitrogens is 2. The summed E-state index contributed by atoms with van der Waals surface area (Å²) in [4.78, 5) is 4.93. The Balaban J connectivity index is 1.84. The third kappa shape index (κ3) is 2.33. The van der Waals surface area contributed by atoms with E-state index in [1.54, 1.807) is 0 Å². The second-order valence-electron chi connectivity index (χ2n) is 7.78. The first-order valence-corrected chi connectivity index (χ1v) is 10.1. The van der Waals surface area contributed by atoms with Gasteiger partial charge in [-0.25, -0.2) is 4.98 Å². The van der Waals surface area contributed by atoms with Gasteiger partial charge in [0.2, 0.25) is 0 Å². The molecule has 0 aliphatic heterocycles. The summed E-state index contributed by atoms with van der Waals surface area (Å²) in [6, 6.07) is 29.6. The molecule has 0 saturated heterocycles. The first kappa shape index (κ1) is 17.2. The van der Waals surface area contributed by atoms with Crippen LogP contribution in [0.2, 0.25) is 0 Å². The third-order valence-corrected chi connectivity index (χ3v) is 6.12. The number of aliphatic hydroxyl groups excluding tert-OH is 1. The minimum atomic E-state index is -0.0856. The van der Waals surface area contributed by atoms with Crippen LogP contribution in [0.5, 0.6) is 0 Å². The number of benzene rings is 4. The second kappa shape index (κ2) is 6.41. The van der Waals surface area contributed by atoms with Crippen LogP contribution in [-0.2, 0) is 13.7 Å². The Morgan fingerprint density at radius 1 is 0.733 bits per heavy atom. The van der Waals surface area contributed by atoms with E-state index in [4.69, 9.17) is 4.98 Å². The highest BCUT2D eigenvalue weighted by atomic mass is 16.3. The van der Waals surface area contributed by atoms with E-state index in [9.17, 15) is 5.11 Å². The second-order valence-corrected chi connectivity index (χ2v) is 7.78. The molecule has 0 fully saturated rings. The molecule has 0 bridgehead atoms. The molecule has 1 N–H and O–H groups in total. The highest BCUT2D eigenvalue weighted by Gasteiger charge is 2.18. The van der Waals surface area contributed by atoms with Crippen molar-refractivity contribution < 1.29 is 5.11 Å². The predicted molar refractivity (Wildman–Crippen MR) is 125 cm³/mol. The van der Waals surface area contributed by atoms with E-state index >= 15 is 0 Å². The Kier molecular flexibility index (Phi) is 3.67. The SMILES string of the molecule is Cn1c2ccccc2c2cc(CO)nc(-c3cc4ccccc4c4ccccc34)c21. The predicted octanol–water partition coefficient (Wildman–Crippen LogP) is 6.19. The number of hydrogen-bond acceptors (Lipinski definition) is 2. The topological polar surface area (TPSA) is 38.0 Å². The van der Waals surface area contributed by atoms with Crippen LogP contribution in [0.1, 0.15) is 5.69 Å². The lowest BCUT2D eigenvalue weighted by molar-refractivity contribution is 0.277. The van der Waals surface area contributed by atoms with E-state index in [0.717, 1.165) is 27.7 Å². The van der Waals surface area contributed by atoms with Crippen LogP contribution < -0.4 is 0 Å². The van der Waals surface area contributed by atoms with Gasteiger partial charge in [-0.1, -0.05) is 66.7 Å². The zero-order chi connectivity index (χ0) is 20.2. The summed E-state index contributed by atoms with van der Waals surface area (Å²) in [6.07, 6.45) is 0. The average Bonchev–Trinajstić information content (AvgIpc) is 3.10. The molecule has 0 amide bonds. The molecule has 0 atom stereocenters. The maximum Gasteiger partial charge on any atom is 0.0955 e. The molecule has 0 radical (unpaired) electrons. The number of pyridine rings is 1. The van der Waals surface area contributed by atoms with Gasteiger partial charge >= 0.3 is 0 Å². The standard InChI is InChI=1S/C27H20N2O/c1-29-25-13-7-6-12-22(25)24-15-18(16-30)28-26(27(24)29)23-14-17-8-2-3-9-19(17)20-10-4-5-11-21(20)23/h2-15,30H,16H2,1H3. The van der Waals surface area contributed by atoms with E-state index in [1.165, 1.54) is 26.9 Å². The number of nitrogens with zero attached hydrogens (tertiary/aromatic N) is 2. The number of fused-ring (bicyclic) bond motifs is 6. The molecule has 2 heterocycles. The minimum absolute atomic E-state index is 0.0856. The zero-order valence-electron chi connectivity index (χ0n) is 16.6. The van der Waals surface area contributed by atoms with Crippen molar-refractivity contribution in [2.24, 2.45) is 7.05 Å². The zero-order valence-corrected chi connectivity index (χ0v) is 16.6. The molecular weight excluding hydrogens is 368 g/mol. The Morgan fingerprint density at radius 3 is 2.20 bits per heavy atom. The van der Waals surface area contributed by atoms with Crippen molar-refractivity contribution in [1.82, 2.24) is 9.55 Å². The van der Waals surface area contributed by atoms with Crippen molar-refractivity contribution in [3.8, 4) is 11.3 Å². The first-order valence-electron chi connectivity index (χ1n) is 10.1. The van der Waals surface area contributed by atoms with Crippen molar-refractivity contribution in [1.29, 1.82) is 0 Å². The monoisotopic (exact) mass is 388 g/mol. The molecule has 0 aliphatic carbocycles. The van der Waals surface area contributed by atoms with Crippen molar-refractivity contribution in [3.05, 3.63) is 90.6 Å². The lowest BCUT2D eigenvalue weighted by atomic mass is 9.94. The Bertz CT molecular complexity index is 1590. The molecule has 2 aromatic heterocycles. The van der Waals surface area contributed by atoms with Gasteiger partial charge in [0.05, 0.1) is 23.5 Å². The van der Waals surface area contributed by atoms with Gasteiger partial charge in [0, 0.05) is 28.9 Å². The van der Waals surface area contributed by atoms with E-state index < -0.39 is 0 Å². The molecule has 30 heavy (non-hydrogen) atoms. The molecule has 4 aromatic carbocycles. The molecule has 3 nitrogen and oxygen atoms in total. The Labute approximate surface area is 173 Å². The van der Waals surface area contributed by atoms with Crippen LogP contribution in [0.15, 0.2) is 84.9 Å². The summed E-state index contributed by atoms with van der Waals surface area (Å²) >= 11 is 0. The molecule has 0 unspecified atom stereocenters. The molecule has 0 saturated carbocycles. The molecule has 3 heteroatoms. The lowest BCUT2D eigenvalue weighted by Gasteiger charge is -2.13. The van der Waals surface area contributed by atoms with Gasteiger partial charge in [0.1, 0.15) is 0 Å². The van der Waals surface area contributed by atoms with Gasteiger partial charge in [-0.2, -0.15) is 0 Å². The summed E-state index contributed by atoms with van der Waals surface area (Å²) in [6.45, 7) is -0.0856. The number of aliphatic hydroxyl groups is 1. The number of hydrogen-bond donors (Lipinski definition) is 1. The van der Waals surface area contributed by atoms with Crippen LogP contribution in [0.4, 0.5) is 0 Å². The molecule has 0 aliphatic rings. The van der Waals surface area contributed by atoms with Gasteiger partial charge < -0.3 is 9.67 Å². The third-order valence-electron chi connectivity index (χ3n) is 6.12. The fourth-order valence-corrected chi connectivity index (χ4v) is 4.77. The van der Waals surface area contributed by atoms with Crippen LogP contribution in [0, 0.1) is 0 Å². The van der Waals surface area contributed by atoms with Gasteiger partial charge in [0.15, 0.2) is 0 Å². The summed E-state index contributed by atoms with van der Waals surface area (Å²) in [5.41, 5.74) is 4.95. The summed E-state index contributed by atoms with van der Waals surface area (Å²) in [5, 5.41) is 17.1. The molecule has 6 rings (SSSR count). The Morgan fingerprint density at radius 2 is 1.40 bits per heavy atom. The lowest BCUT2D eigenvalue weighted by Crippen LogP contribution is -1.98.